The number of hydrogen-bond donors (Lipinski definition) is 2. The zero-order valence-electron chi connectivity index (χ0n) is 15.3. The number of carbonyl (C=O) groups excluding carboxylic acids is 1. The van der Waals surface area contributed by atoms with Crippen LogP contribution in [-0.4, -0.2) is 26.3 Å². The van der Waals surface area contributed by atoms with Gasteiger partial charge >= 0.3 is 6.03 Å². The number of nitrogens with zero attached hydrogens (tertiary/aromatic N) is 4. The molecule has 11 heteroatoms. The average Bonchev–Trinajstić information content (AvgIpc) is 3.41. The molecule has 4 aromatic rings. The summed E-state index contributed by atoms with van der Waals surface area (Å²) in [5, 5.41) is 14.1. The van der Waals surface area contributed by atoms with Crippen molar-refractivity contribution in [3.05, 3.63) is 70.4 Å². The standard InChI is InChI=1S/C19H14Cl2N6O3/c20-13-5-1-3-11(7-13)17-24-15(29-26-17)9-22-19(28)23-10-16-25-18(27-30-16)12-4-2-6-14(21)8-12/h1-8H,9-10H2,(H2,22,23,28). The van der Waals surface area contributed by atoms with Crippen molar-refractivity contribution in [3.63, 3.8) is 0 Å². The molecule has 30 heavy (non-hydrogen) atoms. The lowest BCUT2D eigenvalue weighted by atomic mass is 10.2. The van der Waals surface area contributed by atoms with Gasteiger partial charge in [-0.05, 0) is 24.3 Å². The predicted molar refractivity (Wildman–Crippen MR) is 109 cm³/mol. The number of hydrogen-bond acceptors (Lipinski definition) is 7. The Labute approximate surface area is 180 Å². The first-order valence-corrected chi connectivity index (χ1v) is 9.51. The summed E-state index contributed by atoms with van der Waals surface area (Å²) in [5.41, 5.74) is 1.43. The predicted octanol–water partition coefficient (Wildman–Crippen LogP) is 4.09. The van der Waals surface area contributed by atoms with Gasteiger partial charge in [-0.25, -0.2) is 4.79 Å². The van der Waals surface area contributed by atoms with Gasteiger partial charge in [-0.2, -0.15) is 9.97 Å². The van der Waals surface area contributed by atoms with E-state index >= 15 is 0 Å². The van der Waals surface area contributed by atoms with Crippen LogP contribution in [0.5, 0.6) is 0 Å². The van der Waals surface area contributed by atoms with Crippen molar-refractivity contribution in [2.45, 2.75) is 13.1 Å². The molecule has 2 amide bonds. The van der Waals surface area contributed by atoms with E-state index in [9.17, 15) is 4.79 Å². The van der Waals surface area contributed by atoms with Gasteiger partial charge in [0.25, 0.3) is 0 Å². The topological polar surface area (TPSA) is 119 Å². The van der Waals surface area contributed by atoms with Crippen molar-refractivity contribution in [3.8, 4) is 22.8 Å². The van der Waals surface area contributed by atoms with Crippen LogP contribution in [0, 0.1) is 0 Å². The largest absolute Gasteiger partial charge is 0.337 e. The van der Waals surface area contributed by atoms with E-state index in [1.807, 2.05) is 12.1 Å². The first-order chi connectivity index (χ1) is 14.6. The Morgan fingerprint density at radius 1 is 0.800 bits per heavy atom. The van der Waals surface area contributed by atoms with Gasteiger partial charge in [0.15, 0.2) is 0 Å². The summed E-state index contributed by atoms with van der Waals surface area (Å²) in [7, 11) is 0. The number of urea groups is 1. The molecule has 0 aliphatic heterocycles. The van der Waals surface area contributed by atoms with Crippen molar-refractivity contribution in [2.24, 2.45) is 0 Å². The second-order valence-electron chi connectivity index (χ2n) is 6.08. The van der Waals surface area contributed by atoms with E-state index in [0.29, 0.717) is 32.8 Å². The third-order valence-electron chi connectivity index (χ3n) is 3.90. The SMILES string of the molecule is O=C(NCc1nc(-c2cccc(Cl)c2)no1)NCc1nc(-c2cccc(Cl)c2)no1. The summed E-state index contributed by atoms with van der Waals surface area (Å²) >= 11 is 11.9. The molecule has 0 aliphatic carbocycles. The second kappa shape index (κ2) is 8.93. The second-order valence-corrected chi connectivity index (χ2v) is 6.95. The van der Waals surface area contributed by atoms with E-state index in [0.717, 1.165) is 0 Å². The van der Waals surface area contributed by atoms with E-state index < -0.39 is 6.03 Å². The first kappa shape index (κ1) is 19.9. The molecule has 0 spiro atoms. The third-order valence-corrected chi connectivity index (χ3v) is 4.37. The van der Waals surface area contributed by atoms with Crippen LogP contribution in [0.2, 0.25) is 10.0 Å². The highest BCUT2D eigenvalue weighted by Gasteiger charge is 2.12. The Hall–Kier alpha value is -3.43. The lowest BCUT2D eigenvalue weighted by molar-refractivity contribution is 0.236. The highest BCUT2D eigenvalue weighted by atomic mass is 35.5. The molecule has 2 heterocycles. The maximum Gasteiger partial charge on any atom is 0.315 e. The molecule has 0 bridgehead atoms. The van der Waals surface area contributed by atoms with Crippen molar-refractivity contribution in [2.75, 3.05) is 0 Å². The summed E-state index contributed by atoms with van der Waals surface area (Å²) in [5.74, 6) is 1.27. The van der Waals surface area contributed by atoms with E-state index in [1.165, 1.54) is 0 Å². The van der Waals surface area contributed by atoms with Crippen LogP contribution < -0.4 is 10.6 Å². The van der Waals surface area contributed by atoms with Gasteiger partial charge < -0.3 is 19.7 Å². The summed E-state index contributed by atoms with van der Waals surface area (Å²) in [6.45, 7) is 0.105. The quantitative estimate of drug-likeness (QED) is 0.459. The van der Waals surface area contributed by atoms with Crippen LogP contribution >= 0.6 is 23.2 Å². The molecule has 152 valence electrons. The van der Waals surface area contributed by atoms with E-state index in [-0.39, 0.29) is 24.9 Å². The minimum Gasteiger partial charge on any atom is -0.337 e. The van der Waals surface area contributed by atoms with Crippen LogP contribution in [-0.2, 0) is 13.1 Å². The molecule has 0 atom stereocenters. The molecule has 0 aliphatic rings. The first-order valence-electron chi connectivity index (χ1n) is 8.75. The van der Waals surface area contributed by atoms with Gasteiger partial charge in [-0.1, -0.05) is 57.8 Å². The highest BCUT2D eigenvalue weighted by molar-refractivity contribution is 6.31. The molecule has 0 saturated carbocycles. The smallest absolute Gasteiger partial charge is 0.315 e. The van der Waals surface area contributed by atoms with Gasteiger partial charge in [0.1, 0.15) is 0 Å². The average molecular weight is 445 g/mol. The van der Waals surface area contributed by atoms with Gasteiger partial charge in [-0.15, -0.1) is 0 Å². The molecule has 0 unspecified atom stereocenters. The Morgan fingerprint density at radius 2 is 1.27 bits per heavy atom. The van der Waals surface area contributed by atoms with E-state index in [1.54, 1.807) is 36.4 Å². The van der Waals surface area contributed by atoms with Crippen LogP contribution in [0.4, 0.5) is 4.79 Å². The lowest BCUT2D eigenvalue weighted by Crippen LogP contribution is -2.34. The monoisotopic (exact) mass is 444 g/mol. The number of halogens is 2. The fourth-order valence-corrected chi connectivity index (χ4v) is 2.90. The molecular formula is C19H14Cl2N6O3. The van der Waals surface area contributed by atoms with E-state index in [4.69, 9.17) is 32.2 Å². The van der Waals surface area contributed by atoms with Crippen molar-refractivity contribution in [1.82, 2.24) is 30.9 Å². The summed E-state index contributed by atoms with van der Waals surface area (Å²) in [6, 6.07) is 13.7. The molecule has 9 nitrogen and oxygen atoms in total. The molecule has 0 saturated heterocycles. The zero-order chi connectivity index (χ0) is 20.9. The normalized spacial score (nSPS) is 10.7. The highest BCUT2D eigenvalue weighted by Crippen LogP contribution is 2.20. The molecule has 2 aromatic heterocycles. The maximum atomic E-state index is 12.0. The van der Waals surface area contributed by atoms with Gasteiger partial charge in [-0.3, -0.25) is 0 Å². The van der Waals surface area contributed by atoms with Crippen molar-refractivity contribution in [1.29, 1.82) is 0 Å². The van der Waals surface area contributed by atoms with Crippen molar-refractivity contribution >= 4 is 29.2 Å². The molecule has 0 fully saturated rings. The van der Waals surface area contributed by atoms with E-state index in [2.05, 4.69) is 30.9 Å². The number of rotatable bonds is 6. The lowest BCUT2D eigenvalue weighted by Gasteiger charge is -2.02. The number of nitrogens with one attached hydrogen (secondary N) is 2. The van der Waals surface area contributed by atoms with Gasteiger partial charge in [0, 0.05) is 21.2 Å². The molecule has 2 N–H and O–H groups in total. The molecule has 4 rings (SSSR count). The number of aromatic nitrogens is 4. The van der Waals surface area contributed by atoms with Gasteiger partial charge in [0.05, 0.1) is 13.1 Å². The molecule has 0 radical (unpaired) electrons. The number of benzene rings is 2. The summed E-state index contributed by atoms with van der Waals surface area (Å²) < 4.78 is 10.3. The summed E-state index contributed by atoms with van der Waals surface area (Å²) in [4.78, 5) is 20.4. The Bertz CT molecular complexity index is 1090. The molecule has 2 aromatic carbocycles. The van der Waals surface area contributed by atoms with Crippen LogP contribution in [0.25, 0.3) is 22.8 Å². The van der Waals surface area contributed by atoms with Crippen LogP contribution in [0.1, 0.15) is 11.8 Å². The number of amides is 2. The minimum absolute atomic E-state index is 0.0526. The minimum atomic E-state index is -0.458. The third kappa shape index (κ3) is 4.94. The zero-order valence-corrected chi connectivity index (χ0v) is 16.8. The maximum absolute atomic E-state index is 12.0. The summed E-state index contributed by atoms with van der Waals surface area (Å²) in [6.07, 6.45) is 0. The van der Waals surface area contributed by atoms with Crippen LogP contribution in [0.3, 0.4) is 0 Å². The Morgan fingerprint density at radius 3 is 1.70 bits per heavy atom. The fraction of sp³-hybridized carbons (Fsp3) is 0.105. The van der Waals surface area contributed by atoms with Gasteiger partial charge in [0.2, 0.25) is 23.4 Å². The Kier molecular flexibility index (Phi) is 5.92. The fourth-order valence-electron chi connectivity index (χ4n) is 2.52. The molecular weight excluding hydrogens is 431 g/mol. The number of carbonyl (C=O) groups is 1. The van der Waals surface area contributed by atoms with Crippen molar-refractivity contribution < 1.29 is 13.8 Å². The Balaban J connectivity index is 1.28. The van der Waals surface area contributed by atoms with Crippen LogP contribution in [0.15, 0.2) is 57.6 Å².